The van der Waals surface area contributed by atoms with Crippen molar-refractivity contribution in [1.29, 1.82) is 0 Å². The van der Waals surface area contributed by atoms with Crippen molar-refractivity contribution in [2.45, 2.75) is 6.42 Å². The standard InChI is InChI=1S/C21H33N5O3.HI/c1-24(2)20(27)15-23-21(22-14-17-8-13-29-16-17)26-11-9-25(10-12-26)18-4-6-19(28-3)7-5-18;/h4-7,17H,8-16H2,1-3H3,(H,22,23);1H. The molecule has 2 aliphatic rings. The van der Waals surface area contributed by atoms with Crippen LogP contribution in [-0.4, -0.2) is 95.4 Å². The lowest BCUT2D eigenvalue weighted by atomic mass is 10.1. The van der Waals surface area contributed by atoms with E-state index in [0.29, 0.717) is 5.92 Å². The molecular weight excluding hydrogens is 497 g/mol. The van der Waals surface area contributed by atoms with E-state index in [2.05, 4.69) is 32.2 Å². The summed E-state index contributed by atoms with van der Waals surface area (Å²) in [5.41, 5.74) is 1.20. The summed E-state index contributed by atoms with van der Waals surface area (Å²) in [6.07, 6.45) is 1.07. The van der Waals surface area contributed by atoms with Crippen molar-refractivity contribution in [2.75, 3.05) is 78.6 Å². The van der Waals surface area contributed by atoms with Crippen molar-refractivity contribution in [3.63, 3.8) is 0 Å². The van der Waals surface area contributed by atoms with Gasteiger partial charge in [0, 0.05) is 65.0 Å². The highest BCUT2D eigenvalue weighted by Gasteiger charge is 2.22. The van der Waals surface area contributed by atoms with E-state index in [4.69, 9.17) is 9.47 Å². The smallest absolute Gasteiger partial charge is 0.243 e. The van der Waals surface area contributed by atoms with Crippen LogP contribution in [0.3, 0.4) is 0 Å². The van der Waals surface area contributed by atoms with Gasteiger partial charge in [0.2, 0.25) is 5.91 Å². The first-order chi connectivity index (χ1) is 14.1. The molecule has 0 saturated carbocycles. The maximum absolute atomic E-state index is 12.0. The van der Waals surface area contributed by atoms with Crippen LogP contribution in [0, 0.1) is 5.92 Å². The number of carbonyl (C=O) groups is 1. The van der Waals surface area contributed by atoms with Crippen molar-refractivity contribution in [3.8, 4) is 5.75 Å². The number of hydrogen-bond acceptors (Lipinski definition) is 5. The van der Waals surface area contributed by atoms with Crippen molar-refractivity contribution in [3.05, 3.63) is 24.3 Å². The summed E-state index contributed by atoms with van der Waals surface area (Å²) in [6, 6.07) is 8.18. The SMILES string of the molecule is COc1ccc(N2CCN(C(=NCC(=O)N(C)C)NCC3CCOC3)CC2)cc1.I. The normalized spacial score (nSPS) is 19.3. The summed E-state index contributed by atoms with van der Waals surface area (Å²) in [5, 5.41) is 3.49. The lowest BCUT2D eigenvalue weighted by molar-refractivity contribution is -0.127. The van der Waals surface area contributed by atoms with Gasteiger partial charge in [0.1, 0.15) is 12.3 Å². The molecule has 1 aromatic rings. The van der Waals surface area contributed by atoms with E-state index in [9.17, 15) is 4.79 Å². The molecule has 0 aliphatic carbocycles. The number of carbonyl (C=O) groups excluding carboxylic acids is 1. The van der Waals surface area contributed by atoms with Crippen LogP contribution in [0.4, 0.5) is 5.69 Å². The third-order valence-electron chi connectivity index (χ3n) is 5.45. The number of nitrogens with zero attached hydrogens (tertiary/aromatic N) is 4. The predicted molar refractivity (Wildman–Crippen MR) is 130 cm³/mol. The van der Waals surface area contributed by atoms with Crippen LogP contribution in [0.5, 0.6) is 5.75 Å². The third kappa shape index (κ3) is 6.90. The number of aliphatic imine (C=N–C) groups is 1. The minimum Gasteiger partial charge on any atom is -0.497 e. The number of likely N-dealkylation sites (N-methyl/N-ethyl adjacent to an activating group) is 1. The van der Waals surface area contributed by atoms with E-state index in [0.717, 1.165) is 64.1 Å². The first-order valence-corrected chi connectivity index (χ1v) is 10.3. The second-order valence-corrected chi connectivity index (χ2v) is 7.71. The van der Waals surface area contributed by atoms with Gasteiger partial charge in [-0.3, -0.25) is 4.79 Å². The van der Waals surface area contributed by atoms with Crippen molar-refractivity contribution >= 4 is 41.5 Å². The summed E-state index contributed by atoms with van der Waals surface area (Å²) in [7, 11) is 5.20. The molecule has 2 aliphatic heterocycles. The molecular formula is C21H34IN5O3. The van der Waals surface area contributed by atoms with E-state index >= 15 is 0 Å². The molecule has 168 valence electrons. The fourth-order valence-electron chi connectivity index (χ4n) is 3.50. The molecule has 1 atom stereocenters. The van der Waals surface area contributed by atoms with Crippen LogP contribution in [-0.2, 0) is 9.53 Å². The lowest BCUT2D eigenvalue weighted by Gasteiger charge is -2.38. The maximum Gasteiger partial charge on any atom is 0.243 e. The third-order valence-corrected chi connectivity index (χ3v) is 5.45. The van der Waals surface area contributed by atoms with Gasteiger partial charge in [-0.1, -0.05) is 0 Å². The predicted octanol–water partition coefficient (Wildman–Crippen LogP) is 1.51. The zero-order valence-electron chi connectivity index (χ0n) is 18.2. The number of benzene rings is 1. The highest BCUT2D eigenvalue weighted by molar-refractivity contribution is 14.0. The summed E-state index contributed by atoms with van der Waals surface area (Å²) in [4.78, 5) is 22.8. The molecule has 2 fully saturated rings. The Labute approximate surface area is 196 Å². The van der Waals surface area contributed by atoms with Gasteiger partial charge in [-0.15, -0.1) is 24.0 Å². The Morgan fingerprint density at radius 2 is 1.93 bits per heavy atom. The second-order valence-electron chi connectivity index (χ2n) is 7.71. The van der Waals surface area contributed by atoms with Gasteiger partial charge in [-0.2, -0.15) is 0 Å². The fraction of sp³-hybridized carbons (Fsp3) is 0.619. The van der Waals surface area contributed by atoms with Gasteiger partial charge in [-0.05, 0) is 30.7 Å². The van der Waals surface area contributed by atoms with Gasteiger partial charge in [-0.25, -0.2) is 4.99 Å². The van der Waals surface area contributed by atoms with Gasteiger partial charge in [0.05, 0.1) is 13.7 Å². The molecule has 2 saturated heterocycles. The Morgan fingerprint density at radius 3 is 2.50 bits per heavy atom. The number of halogens is 1. The summed E-state index contributed by atoms with van der Waals surface area (Å²) in [6.45, 7) is 6.14. The molecule has 9 heteroatoms. The van der Waals surface area contributed by atoms with Crippen LogP contribution in [0.1, 0.15) is 6.42 Å². The average Bonchev–Trinajstić information content (AvgIpc) is 3.27. The topological polar surface area (TPSA) is 69.6 Å². The molecule has 1 N–H and O–H groups in total. The Morgan fingerprint density at radius 1 is 1.23 bits per heavy atom. The highest BCUT2D eigenvalue weighted by Crippen LogP contribution is 2.20. The zero-order valence-corrected chi connectivity index (χ0v) is 20.5. The number of amides is 1. The van der Waals surface area contributed by atoms with E-state index in [-0.39, 0.29) is 36.4 Å². The maximum atomic E-state index is 12.0. The molecule has 1 unspecified atom stereocenters. The average molecular weight is 531 g/mol. The van der Waals surface area contributed by atoms with Gasteiger partial charge < -0.3 is 29.5 Å². The number of piperazine rings is 1. The fourth-order valence-corrected chi connectivity index (χ4v) is 3.50. The Balaban J connectivity index is 0.00000320. The molecule has 3 rings (SSSR count). The van der Waals surface area contributed by atoms with Crippen molar-refractivity contribution in [2.24, 2.45) is 10.9 Å². The quantitative estimate of drug-likeness (QED) is 0.341. The molecule has 0 radical (unpaired) electrons. The van der Waals surface area contributed by atoms with Crippen LogP contribution >= 0.6 is 24.0 Å². The minimum absolute atomic E-state index is 0. The first-order valence-electron chi connectivity index (χ1n) is 10.3. The molecule has 1 amide bonds. The van der Waals surface area contributed by atoms with Crippen LogP contribution in [0.15, 0.2) is 29.3 Å². The minimum atomic E-state index is 0. The van der Waals surface area contributed by atoms with Crippen molar-refractivity contribution in [1.82, 2.24) is 15.1 Å². The van der Waals surface area contributed by atoms with Crippen molar-refractivity contribution < 1.29 is 14.3 Å². The van der Waals surface area contributed by atoms with Gasteiger partial charge in [0.15, 0.2) is 5.96 Å². The van der Waals surface area contributed by atoms with Gasteiger partial charge >= 0.3 is 0 Å². The first kappa shape index (κ1) is 24.5. The largest absolute Gasteiger partial charge is 0.497 e. The number of guanidine groups is 1. The molecule has 0 spiro atoms. The monoisotopic (exact) mass is 531 g/mol. The van der Waals surface area contributed by atoms with Crippen LogP contribution in [0.25, 0.3) is 0 Å². The molecule has 0 aromatic heterocycles. The highest BCUT2D eigenvalue weighted by atomic mass is 127. The number of ether oxygens (including phenoxy) is 2. The molecule has 30 heavy (non-hydrogen) atoms. The summed E-state index contributed by atoms with van der Waals surface area (Å²) in [5.74, 6) is 2.20. The molecule has 8 nitrogen and oxygen atoms in total. The van der Waals surface area contributed by atoms with E-state index < -0.39 is 0 Å². The Hall–Kier alpha value is -1.75. The summed E-state index contributed by atoms with van der Waals surface area (Å²) < 4.78 is 10.7. The Kier molecular flexibility index (Phi) is 9.96. The van der Waals surface area contributed by atoms with Crippen LogP contribution < -0.4 is 15.0 Å². The zero-order chi connectivity index (χ0) is 20.6. The number of anilines is 1. The molecule has 2 heterocycles. The Bertz CT molecular complexity index is 684. The number of methoxy groups -OCH3 is 1. The molecule has 1 aromatic carbocycles. The second kappa shape index (κ2) is 12.2. The van der Waals surface area contributed by atoms with E-state index in [1.165, 1.54) is 5.69 Å². The number of rotatable bonds is 6. The van der Waals surface area contributed by atoms with E-state index in [1.807, 2.05) is 12.1 Å². The van der Waals surface area contributed by atoms with Crippen LogP contribution in [0.2, 0.25) is 0 Å². The number of hydrogen-bond donors (Lipinski definition) is 1. The summed E-state index contributed by atoms with van der Waals surface area (Å²) >= 11 is 0. The van der Waals surface area contributed by atoms with E-state index in [1.54, 1.807) is 26.1 Å². The molecule has 0 bridgehead atoms. The lowest BCUT2D eigenvalue weighted by Crippen LogP contribution is -2.53. The number of nitrogens with one attached hydrogen (secondary N) is 1. The van der Waals surface area contributed by atoms with Gasteiger partial charge in [0.25, 0.3) is 0 Å².